The third-order valence-corrected chi connectivity index (χ3v) is 6.30. The minimum atomic E-state index is -0.525. The summed E-state index contributed by atoms with van der Waals surface area (Å²) in [6.45, 7) is 1.29. The normalized spacial score (nSPS) is 10.3. The summed E-state index contributed by atoms with van der Waals surface area (Å²) in [7, 11) is 0. The Bertz CT molecular complexity index is 1100. The van der Waals surface area contributed by atoms with Gasteiger partial charge in [0.25, 0.3) is 23.2 Å². The molecule has 0 bridgehead atoms. The van der Waals surface area contributed by atoms with Crippen LogP contribution in [0.4, 0.5) is 11.4 Å². The van der Waals surface area contributed by atoms with Gasteiger partial charge in [-0.2, -0.15) is 0 Å². The largest absolute Gasteiger partial charge is 0.362 e. The first-order valence-electron chi connectivity index (χ1n) is 12.8. The van der Waals surface area contributed by atoms with Gasteiger partial charge in [-0.25, -0.2) is 0 Å². The fourth-order valence-corrected chi connectivity index (χ4v) is 4.01. The van der Waals surface area contributed by atoms with Crippen molar-refractivity contribution < 1.29 is 19.4 Å². The highest BCUT2D eigenvalue weighted by atomic mass is 32.1. The smallest absolute Gasteiger partial charge is 0.269 e. The van der Waals surface area contributed by atoms with Gasteiger partial charge in [0.15, 0.2) is 10.2 Å². The number of non-ortho nitro benzene ring substituents is 2. The summed E-state index contributed by atoms with van der Waals surface area (Å²) in [6, 6.07) is 10.6. The zero-order chi connectivity index (χ0) is 29.3. The third kappa shape index (κ3) is 12.2. The fraction of sp³-hybridized carbons (Fsp3) is 0.385. The molecule has 14 heteroatoms. The van der Waals surface area contributed by atoms with E-state index >= 15 is 0 Å². The number of carbonyl (C=O) groups is 2. The number of hydrogen-bond donors (Lipinski definition) is 4. The Kier molecular flexibility index (Phi) is 14.1. The van der Waals surface area contributed by atoms with E-state index in [1.54, 1.807) is 0 Å². The number of carbonyl (C=O) groups excluding carboxylic acids is 2. The van der Waals surface area contributed by atoms with Crippen molar-refractivity contribution in [1.29, 1.82) is 0 Å². The number of amides is 2. The number of nitrogens with one attached hydrogen (secondary N) is 4. The molecule has 0 spiro atoms. The standard InChI is InChI=1S/C26H32N6O6S2/c33-23(19-9-13-21(14-10-19)31(35)36)29-25(39)27-17-7-5-3-1-2-4-6-8-18-28-26(40)30-24(34)20-11-15-22(16-12-20)32(37)38/h9-16H,1-8,17-18H2,(H2,27,29,33,39)(H2,28,30,34,40). The van der Waals surface area contributed by atoms with Gasteiger partial charge in [-0.3, -0.25) is 40.5 Å². The molecule has 2 rings (SSSR count). The van der Waals surface area contributed by atoms with Crippen molar-refractivity contribution >= 4 is 57.8 Å². The van der Waals surface area contributed by atoms with Crippen molar-refractivity contribution in [1.82, 2.24) is 21.3 Å². The van der Waals surface area contributed by atoms with Crippen LogP contribution in [-0.4, -0.2) is 45.0 Å². The lowest BCUT2D eigenvalue weighted by molar-refractivity contribution is -0.385. The summed E-state index contributed by atoms with van der Waals surface area (Å²) >= 11 is 10.3. The maximum atomic E-state index is 12.1. The Morgan fingerprint density at radius 3 is 1.18 bits per heavy atom. The average molecular weight is 589 g/mol. The Morgan fingerprint density at radius 2 is 0.875 bits per heavy atom. The number of unbranched alkanes of at least 4 members (excludes halogenated alkanes) is 7. The van der Waals surface area contributed by atoms with Crippen LogP contribution in [-0.2, 0) is 0 Å². The van der Waals surface area contributed by atoms with Gasteiger partial charge >= 0.3 is 0 Å². The highest BCUT2D eigenvalue weighted by Crippen LogP contribution is 2.13. The Balaban J connectivity index is 1.43. The predicted molar refractivity (Wildman–Crippen MR) is 159 cm³/mol. The maximum absolute atomic E-state index is 12.1. The van der Waals surface area contributed by atoms with Gasteiger partial charge in [0.2, 0.25) is 0 Å². The molecule has 0 aliphatic heterocycles. The molecule has 0 saturated carbocycles. The van der Waals surface area contributed by atoms with Crippen LogP contribution in [0.15, 0.2) is 48.5 Å². The molecule has 2 aromatic rings. The molecule has 0 aromatic heterocycles. The lowest BCUT2D eigenvalue weighted by atomic mass is 10.1. The molecule has 0 heterocycles. The SMILES string of the molecule is O=C(NC(=S)NCCCCCCCCCCNC(=S)NC(=O)c1ccc([N+](=O)[O-])cc1)c1ccc([N+](=O)[O-])cc1. The quantitative estimate of drug-likeness (QED) is 0.100. The summed E-state index contributed by atoms with van der Waals surface area (Å²) in [5.74, 6) is -0.840. The molecule has 0 radical (unpaired) electrons. The van der Waals surface area contributed by atoms with E-state index in [1.165, 1.54) is 48.5 Å². The highest BCUT2D eigenvalue weighted by molar-refractivity contribution is 7.80. The molecule has 0 aliphatic rings. The van der Waals surface area contributed by atoms with Gasteiger partial charge in [0.1, 0.15) is 0 Å². The van der Waals surface area contributed by atoms with Crippen LogP contribution in [0.25, 0.3) is 0 Å². The van der Waals surface area contributed by atoms with E-state index in [2.05, 4.69) is 21.3 Å². The van der Waals surface area contributed by atoms with Gasteiger partial charge in [-0.15, -0.1) is 0 Å². The number of hydrogen-bond acceptors (Lipinski definition) is 8. The van der Waals surface area contributed by atoms with Crippen LogP contribution >= 0.6 is 24.4 Å². The van der Waals surface area contributed by atoms with Crippen LogP contribution in [0.2, 0.25) is 0 Å². The summed E-state index contributed by atoms with van der Waals surface area (Å²) < 4.78 is 0. The van der Waals surface area contributed by atoms with E-state index in [4.69, 9.17) is 24.4 Å². The molecule has 0 saturated heterocycles. The number of benzene rings is 2. The van der Waals surface area contributed by atoms with Crippen molar-refractivity contribution in [2.45, 2.75) is 51.4 Å². The van der Waals surface area contributed by atoms with Crippen LogP contribution in [0.1, 0.15) is 72.1 Å². The minimum absolute atomic E-state index is 0.0827. The molecular formula is C26H32N6O6S2. The van der Waals surface area contributed by atoms with Crippen molar-refractivity contribution in [3.8, 4) is 0 Å². The summed E-state index contributed by atoms with van der Waals surface area (Å²) in [6.07, 6.45) is 8.35. The summed E-state index contributed by atoms with van der Waals surface area (Å²) in [4.78, 5) is 44.6. The molecule has 0 atom stereocenters. The van der Waals surface area contributed by atoms with E-state index in [0.717, 1.165) is 51.4 Å². The zero-order valence-corrected chi connectivity index (χ0v) is 23.5. The molecule has 214 valence electrons. The van der Waals surface area contributed by atoms with Gasteiger partial charge in [0.05, 0.1) is 9.85 Å². The lowest BCUT2D eigenvalue weighted by Crippen LogP contribution is -2.39. The van der Waals surface area contributed by atoms with Crippen molar-refractivity contribution in [2.24, 2.45) is 0 Å². The molecule has 12 nitrogen and oxygen atoms in total. The van der Waals surface area contributed by atoms with Crippen LogP contribution in [0.3, 0.4) is 0 Å². The molecule has 40 heavy (non-hydrogen) atoms. The fourth-order valence-electron chi connectivity index (χ4n) is 3.62. The molecule has 0 fully saturated rings. The summed E-state index contributed by atoms with van der Waals surface area (Å²) in [5.41, 5.74) is 0.417. The number of rotatable bonds is 15. The number of nitrogens with zero attached hydrogens (tertiary/aromatic N) is 2. The van der Waals surface area contributed by atoms with Gasteiger partial charge < -0.3 is 10.6 Å². The van der Waals surface area contributed by atoms with E-state index in [0.29, 0.717) is 24.2 Å². The second kappa shape index (κ2) is 17.5. The second-order valence-electron chi connectivity index (χ2n) is 8.86. The van der Waals surface area contributed by atoms with E-state index in [1.807, 2.05) is 0 Å². The van der Waals surface area contributed by atoms with E-state index in [9.17, 15) is 29.8 Å². The molecule has 2 amide bonds. The number of thiocarbonyl (C=S) groups is 2. The van der Waals surface area contributed by atoms with Crippen molar-refractivity contribution in [2.75, 3.05) is 13.1 Å². The first-order chi connectivity index (χ1) is 19.2. The second-order valence-corrected chi connectivity index (χ2v) is 9.67. The third-order valence-electron chi connectivity index (χ3n) is 5.81. The van der Waals surface area contributed by atoms with Gasteiger partial charge in [0, 0.05) is 48.5 Å². The Hall–Kier alpha value is -4.04. The highest BCUT2D eigenvalue weighted by Gasteiger charge is 2.12. The Morgan fingerprint density at radius 1 is 0.575 bits per heavy atom. The molecular weight excluding hydrogens is 556 g/mol. The molecule has 2 aromatic carbocycles. The Labute approximate surface area is 242 Å². The topological polar surface area (TPSA) is 169 Å². The van der Waals surface area contributed by atoms with Gasteiger partial charge in [-0.05, 0) is 61.5 Å². The monoisotopic (exact) mass is 588 g/mol. The van der Waals surface area contributed by atoms with Gasteiger partial charge in [-0.1, -0.05) is 38.5 Å². The number of nitro groups is 2. The lowest BCUT2D eigenvalue weighted by Gasteiger charge is -2.10. The van der Waals surface area contributed by atoms with E-state index < -0.39 is 21.7 Å². The molecule has 0 unspecified atom stereocenters. The minimum Gasteiger partial charge on any atom is -0.362 e. The summed E-state index contributed by atoms with van der Waals surface area (Å²) in [5, 5.41) is 33.0. The van der Waals surface area contributed by atoms with Crippen molar-refractivity contribution in [3.05, 3.63) is 79.9 Å². The predicted octanol–water partition coefficient (Wildman–Crippen LogP) is 4.53. The van der Waals surface area contributed by atoms with E-state index in [-0.39, 0.29) is 21.6 Å². The van der Waals surface area contributed by atoms with Crippen molar-refractivity contribution in [3.63, 3.8) is 0 Å². The average Bonchev–Trinajstić information content (AvgIpc) is 2.93. The number of nitro benzene ring substituents is 2. The first-order valence-corrected chi connectivity index (χ1v) is 13.7. The molecule has 4 N–H and O–H groups in total. The van der Waals surface area contributed by atoms with Crippen LogP contribution in [0, 0.1) is 20.2 Å². The maximum Gasteiger partial charge on any atom is 0.269 e. The first kappa shape index (κ1) is 32.2. The van der Waals surface area contributed by atoms with Crippen LogP contribution < -0.4 is 21.3 Å². The van der Waals surface area contributed by atoms with Crippen LogP contribution in [0.5, 0.6) is 0 Å². The molecule has 0 aliphatic carbocycles. The zero-order valence-electron chi connectivity index (χ0n) is 21.9.